The number of Topliss-reactive ketones (excluding diaryl/α,β-unsaturated/α-hetero) is 1. The number of carbonyl (C=O) groups is 1. The summed E-state index contributed by atoms with van der Waals surface area (Å²) in [7, 11) is -15.1. The van der Waals surface area contributed by atoms with Crippen molar-refractivity contribution in [3.63, 3.8) is 0 Å². The van der Waals surface area contributed by atoms with E-state index in [0.717, 1.165) is 24.3 Å². The summed E-state index contributed by atoms with van der Waals surface area (Å²) in [4.78, 5) is 10.1. The molecule has 13 nitrogen and oxygen atoms in total. The summed E-state index contributed by atoms with van der Waals surface area (Å²) in [6.45, 7) is 0. The number of phenolic OH excluding ortho intramolecular Hbond substituents is 1. The normalized spacial score (nSPS) is 14.0. The van der Waals surface area contributed by atoms with E-state index in [1.807, 2.05) is 0 Å². The number of phenols is 1. The van der Waals surface area contributed by atoms with Gasteiger partial charge in [-0.15, -0.1) is 5.11 Å². The first-order valence-corrected chi connectivity index (χ1v) is 12.3. The maximum Gasteiger partial charge on any atom is 1.00 e. The number of hydrogen-bond acceptors (Lipinski definition) is 13. The third-order valence-corrected chi connectivity index (χ3v) is 6.82. The van der Waals surface area contributed by atoms with Crippen LogP contribution in [0.1, 0.15) is 15.9 Å². The van der Waals surface area contributed by atoms with Gasteiger partial charge in [0.05, 0.1) is 25.9 Å². The second-order valence-electron chi connectivity index (χ2n) is 6.31. The van der Waals surface area contributed by atoms with Gasteiger partial charge >= 0.3 is 88.7 Å². The number of ketones is 1. The molecule has 0 unspecified atom stereocenters. The molecule has 0 bridgehead atoms. The maximum atomic E-state index is 12.7. The zero-order valence-corrected chi connectivity index (χ0v) is 26.8. The number of allylic oxidation sites excluding steroid dienone is 2. The molecule has 3 rings (SSSR count). The van der Waals surface area contributed by atoms with E-state index < -0.39 is 79.8 Å². The van der Waals surface area contributed by atoms with E-state index in [4.69, 9.17) is 0 Å². The average Bonchev–Trinajstić information content (AvgIpc) is 2.64. The molecule has 1 aliphatic carbocycles. The Labute approximate surface area is 266 Å². The Morgan fingerprint density at radius 3 is 1.71 bits per heavy atom. The molecule has 35 heavy (non-hydrogen) atoms. The molecule has 2 aromatic carbocycles. The quantitative estimate of drug-likeness (QED) is 0.201. The van der Waals surface area contributed by atoms with E-state index >= 15 is 0 Å². The first-order chi connectivity index (χ1) is 14.6. The predicted molar refractivity (Wildman–Crippen MR) is 99.7 cm³/mol. The molecule has 0 aliphatic heterocycles. The summed E-state index contributed by atoms with van der Waals surface area (Å²) < 4.78 is 101. The van der Waals surface area contributed by atoms with Crippen molar-refractivity contribution in [1.82, 2.24) is 0 Å². The molecule has 0 radical (unpaired) electrons. The topological polar surface area (TPSA) is 234 Å². The minimum atomic E-state index is -5.32. The predicted octanol–water partition coefficient (Wildman–Crippen LogP) is -8.51. The number of benzene rings is 2. The summed E-state index contributed by atoms with van der Waals surface area (Å²) in [6, 6.07) is 4.95. The Hall–Kier alpha value is -0.0200. The van der Waals surface area contributed by atoms with E-state index in [0.29, 0.717) is 12.1 Å². The molecule has 0 saturated heterocycles. The summed E-state index contributed by atoms with van der Waals surface area (Å²) in [5.74, 6) is -2.24. The van der Waals surface area contributed by atoms with Crippen LogP contribution in [0.5, 0.6) is 5.75 Å². The summed E-state index contributed by atoms with van der Waals surface area (Å²) in [5.41, 5.74) is -2.07. The molecule has 1 N–H and O–H groups in total. The number of carbonyl (C=O) groups excluding carboxylic acids is 1. The van der Waals surface area contributed by atoms with Crippen LogP contribution in [0.15, 0.2) is 67.0 Å². The number of rotatable bonds is 5. The second kappa shape index (κ2) is 12.7. The smallest absolute Gasteiger partial charge is 0.744 e. The van der Waals surface area contributed by atoms with Crippen molar-refractivity contribution >= 4 is 41.8 Å². The summed E-state index contributed by atoms with van der Waals surface area (Å²) in [5, 5.41) is 17.0. The molecule has 0 heterocycles. The van der Waals surface area contributed by atoms with E-state index in [1.54, 1.807) is 0 Å². The molecule has 0 aromatic heterocycles. The van der Waals surface area contributed by atoms with Gasteiger partial charge in [0.1, 0.15) is 41.8 Å². The molecule has 19 heteroatoms. The zero-order valence-electron chi connectivity index (χ0n) is 18.3. The van der Waals surface area contributed by atoms with Crippen molar-refractivity contribution in [2.45, 2.75) is 16.2 Å². The van der Waals surface area contributed by atoms with Gasteiger partial charge in [0.2, 0.25) is 5.78 Å². The van der Waals surface area contributed by atoms with E-state index in [-0.39, 0.29) is 94.4 Å². The summed E-state index contributed by atoms with van der Waals surface area (Å²) in [6.07, 6.45) is -0.856. The van der Waals surface area contributed by atoms with E-state index in [1.165, 1.54) is 0 Å². The first-order valence-electron chi connectivity index (χ1n) is 8.12. The van der Waals surface area contributed by atoms with Gasteiger partial charge in [-0.25, -0.2) is 25.3 Å². The van der Waals surface area contributed by atoms with Crippen LogP contribution in [-0.2, 0) is 36.8 Å². The van der Waals surface area contributed by atoms with Gasteiger partial charge in [0, 0.05) is 6.42 Å². The van der Waals surface area contributed by atoms with Gasteiger partial charge in [-0.05, 0) is 42.0 Å². The van der Waals surface area contributed by atoms with E-state index in [2.05, 4.69) is 10.2 Å². The fourth-order valence-electron chi connectivity index (χ4n) is 2.80. The Kier molecular flexibility index (Phi) is 12.7. The number of hydrogen-bond donors (Lipinski definition) is 1. The van der Waals surface area contributed by atoms with Crippen molar-refractivity contribution in [3.05, 3.63) is 58.1 Å². The Morgan fingerprint density at radius 1 is 0.743 bits per heavy atom. The van der Waals surface area contributed by atoms with Crippen LogP contribution in [0.3, 0.4) is 0 Å². The average molecular weight is 570 g/mol. The monoisotopic (exact) mass is 570 g/mol. The van der Waals surface area contributed by atoms with Gasteiger partial charge in [-0.1, -0.05) is 0 Å². The van der Waals surface area contributed by atoms with Gasteiger partial charge < -0.3 is 18.8 Å². The van der Waals surface area contributed by atoms with Gasteiger partial charge in [-0.2, -0.15) is 5.11 Å². The molecule has 0 saturated carbocycles. The van der Waals surface area contributed by atoms with Gasteiger partial charge in [0.15, 0.2) is 0 Å². The van der Waals surface area contributed by atoms with Crippen LogP contribution in [-0.4, -0.2) is 49.8 Å². The van der Waals surface area contributed by atoms with Crippen molar-refractivity contribution < 1.29 is 137 Å². The molecular weight excluding hydrogens is 561 g/mol. The zero-order chi connectivity index (χ0) is 24.1. The van der Waals surface area contributed by atoms with E-state index in [9.17, 15) is 48.8 Å². The van der Waals surface area contributed by atoms with Crippen LogP contribution in [0.2, 0.25) is 0 Å². The molecular formula is C16H9N2Na3O11S3. The Bertz CT molecular complexity index is 1530. The standard InChI is InChI=1S/C16H12N2O11S3.3Na/c19-12-7-11(31(24,25)26)5-8-6-13(32(27,28)29)15(16(20)14(8)12)18-17-9-1-3-10(4-2-9)30(21,22)23;;;/h1-5,7,19H,6H2,(H,21,22,23)(H,24,25,26)(H,27,28,29);;;/q;3*+1/p-3. The number of aromatic hydroxyl groups is 1. The minimum absolute atomic E-state index is 0. The third-order valence-electron chi connectivity index (χ3n) is 4.21. The molecule has 0 atom stereocenters. The molecule has 170 valence electrons. The second-order valence-corrected chi connectivity index (χ2v) is 10.5. The number of fused-ring (bicyclic) bond motifs is 1. The molecule has 0 amide bonds. The maximum absolute atomic E-state index is 12.7. The Morgan fingerprint density at radius 2 is 1.26 bits per heavy atom. The van der Waals surface area contributed by atoms with Crippen molar-refractivity contribution in [2.75, 3.05) is 0 Å². The third kappa shape index (κ3) is 8.23. The number of azo groups is 1. The van der Waals surface area contributed by atoms with Crippen molar-refractivity contribution in [2.24, 2.45) is 10.2 Å². The Balaban J connectivity index is 0.00000385. The first kappa shape index (κ1) is 35.0. The fourth-order valence-corrected chi connectivity index (χ4v) is 4.51. The summed E-state index contributed by atoms with van der Waals surface area (Å²) >= 11 is 0. The minimum Gasteiger partial charge on any atom is -0.744 e. The largest absolute Gasteiger partial charge is 1.00 e. The molecule has 0 fully saturated rings. The van der Waals surface area contributed by atoms with Gasteiger partial charge in [0.25, 0.3) is 0 Å². The van der Waals surface area contributed by atoms with Crippen LogP contribution in [0, 0.1) is 0 Å². The number of nitrogens with zero attached hydrogens (tertiary/aromatic N) is 2. The van der Waals surface area contributed by atoms with Crippen molar-refractivity contribution in [1.29, 1.82) is 0 Å². The molecule has 2 aromatic rings. The van der Waals surface area contributed by atoms with Crippen LogP contribution >= 0.6 is 0 Å². The fraction of sp³-hybridized carbons (Fsp3) is 0.0625. The molecule has 0 spiro atoms. The van der Waals surface area contributed by atoms with Crippen LogP contribution < -0.4 is 88.7 Å². The molecule has 1 aliphatic rings. The van der Waals surface area contributed by atoms with Crippen molar-refractivity contribution in [3.8, 4) is 5.75 Å². The SMILES string of the molecule is O=C1C(N=Nc2ccc(S(=O)(=O)[O-])cc2)=C(S(=O)(=O)[O-])Cc2cc(S(=O)(=O)[O-])cc(O)c21.[Na+].[Na+].[Na+]. The van der Waals surface area contributed by atoms with Crippen LogP contribution in [0.4, 0.5) is 5.69 Å². The van der Waals surface area contributed by atoms with Gasteiger partial charge in [-0.3, -0.25) is 4.79 Å². The van der Waals surface area contributed by atoms with Crippen LogP contribution in [0.25, 0.3) is 0 Å².